The number of nitrogens with zero attached hydrogens (tertiary/aromatic N) is 1. The standard InChI is InChI=1S/C17H30N2S/c1-14(2)18-13-17(16-9-7-6-8-10-16)19(4)15(3)11-12-20-5/h6-10,14-15,17-18H,11-13H2,1-5H3. The van der Waals surface area contributed by atoms with Gasteiger partial charge in [-0.15, -0.1) is 0 Å². The van der Waals surface area contributed by atoms with Crippen LogP contribution in [0.2, 0.25) is 0 Å². The Hall–Kier alpha value is -0.510. The molecule has 0 aliphatic carbocycles. The monoisotopic (exact) mass is 294 g/mol. The van der Waals surface area contributed by atoms with Crippen molar-refractivity contribution < 1.29 is 0 Å². The van der Waals surface area contributed by atoms with Gasteiger partial charge in [0.2, 0.25) is 0 Å². The van der Waals surface area contributed by atoms with Crippen molar-refractivity contribution >= 4 is 11.8 Å². The lowest BCUT2D eigenvalue weighted by molar-refractivity contribution is 0.175. The molecule has 0 heterocycles. The van der Waals surface area contributed by atoms with Crippen LogP contribution in [0, 0.1) is 0 Å². The first kappa shape index (κ1) is 17.5. The smallest absolute Gasteiger partial charge is 0.0472 e. The molecule has 0 fully saturated rings. The van der Waals surface area contributed by atoms with Crippen LogP contribution in [0.4, 0.5) is 0 Å². The number of likely N-dealkylation sites (N-methyl/N-ethyl adjacent to an activating group) is 1. The first-order valence-electron chi connectivity index (χ1n) is 7.55. The molecule has 3 heteroatoms. The van der Waals surface area contributed by atoms with Crippen molar-refractivity contribution in [2.24, 2.45) is 0 Å². The molecule has 1 aromatic rings. The maximum atomic E-state index is 3.59. The Morgan fingerprint density at radius 1 is 1.15 bits per heavy atom. The fourth-order valence-corrected chi connectivity index (χ4v) is 2.90. The number of rotatable bonds is 9. The third kappa shape index (κ3) is 5.86. The van der Waals surface area contributed by atoms with Crippen LogP contribution < -0.4 is 5.32 Å². The van der Waals surface area contributed by atoms with Gasteiger partial charge in [-0.1, -0.05) is 44.2 Å². The van der Waals surface area contributed by atoms with Crippen LogP contribution in [0.5, 0.6) is 0 Å². The van der Waals surface area contributed by atoms with Crippen LogP contribution in [-0.2, 0) is 0 Å². The molecule has 2 atom stereocenters. The van der Waals surface area contributed by atoms with Gasteiger partial charge in [0.05, 0.1) is 0 Å². The molecule has 0 bridgehead atoms. The van der Waals surface area contributed by atoms with E-state index in [0.717, 1.165) is 6.54 Å². The summed E-state index contributed by atoms with van der Waals surface area (Å²) < 4.78 is 0. The Bertz CT molecular complexity index is 353. The summed E-state index contributed by atoms with van der Waals surface area (Å²) in [5, 5.41) is 3.59. The van der Waals surface area contributed by atoms with Crippen LogP contribution in [0.1, 0.15) is 38.8 Å². The average Bonchev–Trinajstić information content (AvgIpc) is 2.45. The minimum absolute atomic E-state index is 0.440. The normalized spacial score (nSPS) is 14.8. The molecule has 1 aromatic carbocycles. The van der Waals surface area contributed by atoms with E-state index in [0.29, 0.717) is 18.1 Å². The quantitative estimate of drug-likeness (QED) is 0.746. The summed E-state index contributed by atoms with van der Waals surface area (Å²) in [6, 6.07) is 12.4. The molecule has 1 N–H and O–H groups in total. The summed E-state index contributed by atoms with van der Waals surface area (Å²) >= 11 is 1.93. The third-order valence-electron chi connectivity index (χ3n) is 3.83. The topological polar surface area (TPSA) is 15.3 Å². The predicted molar refractivity (Wildman–Crippen MR) is 92.5 cm³/mol. The minimum Gasteiger partial charge on any atom is -0.313 e. The van der Waals surface area contributed by atoms with Crippen molar-refractivity contribution in [2.75, 3.05) is 25.6 Å². The molecule has 0 spiro atoms. The summed E-state index contributed by atoms with van der Waals surface area (Å²) in [5.41, 5.74) is 1.40. The van der Waals surface area contributed by atoms with E-state index >= 15 is 0 Å². The molecular weight excluding hydrogens is 264 g/mol. The van der Waals surface area contributed by atoms with E-state index in [9.17, 15) is 0 Å². The van der Waals surface area contributed by atoms with Gasteiger partial charge in [0.1, 0.15) is 0 Å². The van der Waals surface area contributed by atoms with E-state index in [2.05, 4.69) is 74.6 Å². The maximum Gasteiger partial charge on any atom is 0.0472 e. The number of nitrogens with one attached hydrogen (secondary N) is 1. The highest BCUT2D eigenvalue weighted by molar-refractivity contribution is 7.98. The molecule has 2 nitrogen and oxygen atoms in total. The van der Waals surface area contributed by atoms with Crippen LogP contribution >= 0.6 is 11.8 Å². The highest BCUT2D eigenvalue weighted by Gasteiger charge is 2.21. The number of hydrogen-bond donors (Lipinski definition) is 1. The van der Waals surface area contributed by atoms with Gasteiger partial charge in [-0.25, -0.2) is 0 Å². The molecule has 2 unspecified atom stereocenters. The zero-order valence-electron chi connectivity index (χ0n) is 13.6. The van der Waals surface area contributed by atoms with Gasteiger partial charge >= 0.3 is 0 Å². The fraction of sp³-hybridized carbons (Fsp3) is 0.647. The second-order valence-electron chi connectivity index (χ2n) is 5.79. The summed E-state index contributed by atoms with van der Waals surface area (Å²) in [5.74, 6) is 1.23. The Labute approximate surface area is 129 Å². The summed E-state index contributed by atoms with van der Waals surface area (Å²) in [4.78, 5) is 2.51. The predicted octanol–water partition coefficient (Wildman–Crippen LogP) is 3.80. The van der Waals surface area contributed by atoms with Crippen LogP contribution in [-0.4, -0.2) is 42.6 Å². The van der Waals surface area contributed by atoms with E-state index < -0.39 is 0 Å². The summed E-state index contributed by atoms with van der Waals surface area (Å²) in [7, 11) is 2.25. The first-order valence-corrected chi connectivity index (χ1v) is 8.94. The molecule has 0 aliphatic heterocycles. The van der Waals surface area contributed by atoms with Crippen LogP contribution in [0.25, 0.3) is 0 Å². The van der Waals surface area contributed by atoms with E-state index in [4.69, 9.17) is 0 Å². The number of hydrogen-bond acceptors (Lipinski definition) is 3. The molecule has 0 radical (unpaired) electrons. The van der Waals surface area contributed by atoms with Crippen LogP contribution in [0.15, 0.2) is 30.3 Å². The molecular formula is C17H30N2S. The summed E-state index contributed by atoms with van der Waals surface area (Å²) in [6.07, 6.45) is 3.42. The van der Waals surface area contributed by atoms with Crippen molar-refractivity contribution in [3.8, 4) is 0 Å². The fourth-order valence-electron chi connectivity index (χ4n) is 2.32. The van der Waals surface area contributed by atoms with E-state index in [1.54, 1.807) is 0 Å². The van der Waals surface area contributed by atoms with Gasteiger partial charge in [0.25, 0.3) is 0 Å². The maximum absolute atomic E-state index is 3.59. The zero-order valence-corrected chi connectivity index (χ0v) is 14.4. The van der Waals surface area contributed by atoms with E-state index in [-0.39, 0.29) is 0 Å². The Balaban J connectivity index is 2.75. The second-order valence-corrected chi connectivity index (χ2v) is 6.77. The highest BCUT2D eigenvalue weighted by Crippen LogP contribution is 2.22. The molecule has 0 aliphatic rings. The average molecular weight is 295 g/mol. The zero-order chi connectivity index (χ0) is 15.0. The van der Waals surface area contributed by atoms with Gasteiger partial charge in [-0.2, -0.15) is 11.8 Å². The SMILES string of the molecule is CSCCC(C)N(C)C(CNC(C)C)c1ccccc1. The van der Waals surface area contributed by atoms with Gasteiger partial charge in [-0.05, 0) is 38.0 Å². The van der Waals surface area contributed by atoms with Crippen molar-refractivity contribution in [1.82, 2.24) is 10.2 Å². The first-order chi connectivity index (χ1) is 9.56. The number of benzene rings is 1. The molecule has 0 amide bonds. The Kier molecular flexibility index (Phi) is 8.27. The Morgan fingerprint density at radius 3 is 2.35 bits per heavy atom. The lowest BCUT2D eigenvalue weighted by atomic mass is 10.0. The number of thioether (sulfide) groups is 1. The summed E-state index contributed by atoms with van der Waals surface area (Å²) in [6.45, 7) is 7.75. The third-order valence-corrected chi connectivity index (χ3v) is 4.47. The molecule has 20 heavy (non-hydrogen) atoms. The van der Waals surface area contributed by atoms with Crippen molar-refractivity contribution in [1.29, 1.82) is 0 Å². The van der Waals surface area contributed by atoms with E-state index in [1.165, 1.54) is 17.7 Å². The minimum atomic E-state index is 0.440. The van der Waals surface area contributed by atoms with Gasteiger partial charge < -0.3 is 5.32 Å². The van der Waals surface area contributed by atoms with Crippen molar-refractivity contribution in [2.45, 2.75) is 45.3 Å². The van der Waals surface area contributed by atoms with Gasteiger partial charge in [0, 0.05) is 24.7 Å². The largest absolute Gasteiger partial charge is 0.313 e. The van der Waals surface area contributed by atoms with Crippen molar-refractivity contribution in [3.05, 3.63) is 35.9 Å². The van der Waals surface area contributed by atoms with Gasteiger partial charge in [-0.3, -0.25) is 4.90 Å². The lowest BCUT2D eigenvalue weighted by Gasteiger charge is -2.34. The molecule has 114 valence electrons. The molecule has 0 aromatic heterocycles. The molecule has 0 saturated carbocycles. The lowest BCUT2D eigenvalue weighted by Crippen LogP contribution is -2.40. The molecule has 0 saturated heterocycles. The second kappa shape index (κ2) is 9.43. The van der Waals surface area contributed by atoms with Gasteiger partial charge in [0.15, 0.2) is 0 Å². The highest BCUT2D eigenvalue weighted by atomic mass is 32.2. The van der Waals surface area contributed by atoms with Crippen molar-refractivity contribution in [3.63, 3.8) is 0 Å². The van der Waals surface area contributed by atoms with E-state index in [1.807, 2.05) is 11.8 Å². The Morgan fingerprint density at radius 2 is 1.80 bits per heavy atom. The molecule has 1 rings (SSSR count). The van der Waals surface area contributed by atoms with Crippen LogP contribution in [0.3, 0.4) is 0 Å².